The lowest BCUT2D eigenvalue weighted by atomic mass is 9.88. The van der Waals surface area contributed by atoms with E-state index in [4.69, 9.17) is 0 Å². The summed E-state index contributed by atoms with van der Waals surface area (Å²) in [4.78, 5) is 0. The number of hydrogen-bond acceptors (Lipinski definition) is 1. The van der Waals surface area contributed by atoms with Crippen LogP contribution >= 0.6 is 22.6 Å². The van der Waals surface area contributed by atoms with E-state index >= 15 is 0 Å². The molecule has 0 bridgehead atoms. The first-order valence-corrected chi connectivity index (χ1v) is 7.50. The van der Waals surface area contributed by atoms with Gasteiger partial charge in [0.2, 0.25) is 0 Å². The van der Waals surface area contributed by atoms with Gasteiger partial charge in [-0.05, 0) is 95.8 Å². The monoisotopic (exact) mass is 366 g/mol. The van der Waals surface area contributed by atoms with Gasteiger partial charge in [-0.3, -0.25) is 0 Å². The minimum atomic E-state index is -0.546. The summed E-state index contributed by atoms with van der Waals surface area (Å²) in [5.41, 5.74) is 6.86. The number of benzene rings is 2. The van der Waals surface area contributed by atoms with E-state index in [1.54, 1.807) is 0 Å². The van der Waals surface area contributed by atoms with Gasteiger partial charge in [-0.15, -0.1) is 0 Å². The fourth-order valence-electron chi connectivity index (χ4n) is 2.47. The maximum absolute atomic E-state index is 10.7. The lowest BCUT2D eigenvalue weighted by molar-refractivity contribution is 0.218. The third-order valence-electron chi connectivity index (χ3n) is 3.88. The van der Waals surface area contributed by atoms with Crippen LogP contribution in [0.25, 0.3) is 0 Å². The number of aliphatic hydroxyl groups excluding tert-OH is 1. The summed E-state index contributed by atoms with van der Waals surface area (Å²) in [6, 6.07) is 10.3. The van der Waals surface area contributed by atoms with Crippen molar-refractivity contribution in [3.8, 4) is 0 Å². The van der Waals surface area contributed by atoms with Crippen LogP contribution < -0.4 is 0 Å². The topological polar surface area (TPSA) is 20.2 Å². The van der Waals surface area contributed by atoms with Gasteiger partial charge in [-0.2, -0.15) is 0 Å². The number of hydrogen-bond donors (Lipinski definition) is 1. The van der Waals surface area contributed by atoms with Gasteiger partial charge in [-0.1, -0.05) is 18.2 Å². The van der Waals surface area contributed by atoms with Crippen LogP contribution in [0.2, 0.25) is 0 Å². The molecule has 0 saturated carbocycles. The molecule has 1 unspecified atom stereocenters. The standard InChI is InChI=1S/C17H19IO/c1-10-9-11(2)13(4)16(12(10)3)17(19)14-5-7-15(18)8-6-14/h5-9,17,19H,1-4H3. The lowest BCUT2D eigenvalue weighted by Crippen LogP contribution is -2.07. The molecule has 1 nitrogen and oxygen atoms in total. The molecule has 0 aliphatic rings. The van der Waals surface area contributed by atoms with Crippen LogP contribution in [0.1, 0.15) is 39.5 Å². The van der Waals surface area contributed by atoms with E-state index in [9.17, 15) is 5.11 Å². The Bertz CT molecular complexity index is 573. The molecule has 0 heterocycles. The maximum Gasteiger partial charge on any atom is 0.105 e. The van der Waals surface area contributed by atoms with Crippen molar-refractivity contribution in [3.63, 3.8) is 0 Å². The molecule has 0 aromatic heterocycles. The van der Waals surface area contributed by atoms with Crippen LogP contribution in [0, 0.1) is 31.3 Å². The zero-order chi connectivity index (χ0) is 14.2. The van der Waals surface area contributed by atoms with Crippen molar-refractivity contribution in [3.05, 3.63) is 67.3 Å². The van der Waals surface area contributed by atoms with Gasteiger partial charge in [0.1, 0.15) is 6.10 Å². The van der Waals surface area contributed by atoms with E-state index in [2.05, 4.69) is 56.4 Å². The summed E-state index contributed by atoms with van der Waals surface area (Å²) in [6.07, 6.45) is -0.546. The smallest absolute Gasteiger partial charge is 0.105 e. The minimum Gasteiger partial charge on any atom is -0.384 e. The fraction of sp³-hybridized carbons (Fsp3) is 0.294. The Hall–Kier alpha value is -0.870. The average Bonchev–Trinajstić information content (AvgIpc) is 2.37. The largest absolute Gasteiger partial charge is 0.384 e. The van der Waals surface area contributed by atoms with Crippen molar-refractivity contribution in [1.82, 2.24) is 0 Å². The molecule has 1 N–H and O–H groups in total. The van der Waals surface area contributed by atoms with E-state index in [0.717, 1.165) is 11.1 Å². The van der Waals surface area contributed by atoms with E-state index < -0.39 is 6.10 Å². The predicted octanol–water partition coefficient (Wildman–Crippen LogP) is 4.61. The molecule has 2 rings (SSSR count). The Morgan fingerprint density at radius 3 is 1.84 bits per heavy atom. The van der Waals surface area contributed by atoms with Gasteiger partial charge in [-0.25, -0.2) is 0 Å². The predicted molar refractivity (Wildman–Crippen MR) is 88.6 cm³/mol. The van der Waals surface area contributed by atoms with Crippen LogP contribution in [0.15, 0.2) is 30.3 Å². The number of aliphatic hydroxyl groups is 1. The quantitative estimate of drug-likeness (QED) is 0.770. The highest BCUT2D eigenvalue weighted by molar-refractivity contribution is 14.1. The van der Waals surface area contributed by atoms with Gasteiger partial charge in [0.05, 0.1) is 0 Å². The molecule has 0 spiro atoms. The summed E-state index contributed by atoms with van der Waals surface area (Å²) in [5, 5.41) is 10.7. The Kier molecular flexibility index (Phi) is 4.31. The lowest BCUT2D eigenvalue weighted by Gasteiger charge is -2.20. The van der Waals surface area contributed by atoms with Crippen molar-refractivity contribution < 1.29 is 5.11 Å². The summed E-state index contributed by atoms with van der Waals surface area (Å²) in [7, 11) is 0. The Labute approximate surface area is 128 Å². The van der Waals surface area contributed by atoms with Gasteiger partial charge >= 0.3 is 0 Å². The van der Waals surface area contributed by atoms with Crippen LogP contribution in [0.3, 0.4) is 0 Å². The fourth-order valence-corrected chi connectivity index (χ4v) is 2.83. The van der Waals surface area contributed by atoms with Crippen molar-refractivity contribution in [2.45, 2.75) is 33.8 Å². The number of aryl methyl sites for hydroxylation is 2. The third kappa shape index (κ3) is 2.84. The van der Waals surface area contributed by atoms with Gasteiger partial charge in [0, 0.05) is 3.57 Å². The first-order chi connectivity index (χ1) is 8.91. The molecule has 0 aliphatic heterocycles. The molecule has 1 atom stereocenters. The normalized spacial score (nSPS) is 12.5. The Balaban J connectivity index is 2.55. The molecule has 0 fully saturated rings. The molecule has 100 valence electrons. The molecular weight excluding hydrogens is 347 g/mol. The van der Waals surface area contributed by atoms with Crippen molar-refractivity contribution in [1.29, 1.82) is 0 Å². The molecule has 2 heteroatoms. The van der Waals surface area contributed by atoms with Crippen LogP contribution in [0.4, 0.5) is 0 Å². The summed E-state index contributed by atoms with van der Waals surface area (Å²) < 4.78 is 1.18. The molecule has 0 amide bonds. The van der Waals surface area contributed by atoms with Crippen molar-refractivity contribution in [2.24, 2.45) is 0 Å². The molecule has 0 radical (unpaired) electrons. The summed E-state index contributed by atoms with van der Waals surface area (Å²) in [5.74, 6) is 0. The molecule has 19 heavy (non-hydrogen) atoms. The third-order valence-corrected chi connectivity index (χ3v) is 4.60. The molecular formula is C17H19IO. The molecule has 2 aromatic carbocycles. The van der Waals surface area contributed by atoms with E-state index in [1.165, 1.54) is 25.8 Å². The summed E-state index contributed by atoms with van der Waals surface area (Å²) in [6.45, 7) is 8.39. The first-order valence-electron chi connectivity index (χ1n) is 6.42. The van der Waals surface area contributed by atoms with Gasteiger partial charge < -0.3 is 5.11 Å². The Morgan fingerprint density at radius 1 is 0.895 bits per heavy atom. The Morgan fingerprint density at radius 2 is 1.37 bits per heavy atom. The second kappa shape index (κ2) is 5.63. The molecule has 0 aliphatic carbocycles. The van der Waals surface area contributed by atoms with Crippen LogP contribution in [-0.2, 0) is 0 Å². The highest BCUT2D eigenvalue weighted by Crippen LogP contribution is 2.31. The van der Waals surface area contributed by atoms with Crippen LogP contribution in [-0.4, -0.2) is 5.11 Å². The van der Waals surface area contributed by atoms with Crippen molar-refractivity contribution in [2.75, 3.05) is 0 Å². The zero-order valence-corrected chi connectivity index (χ0v) is 13.9. The highest BCUT2D eigenvalue weighted by Gasteiger charge is 2.17. The van der Waals surface area contributed by atoms with Crippen LogP contribution in [0.5, 0.6) is 0 Å². The second-order valence-corrected chi connectivity index (χ2v) is 6.37. The molecule has 0 saturated heterocycles. The zero-order valence-electron chi connectivity index (χ0n) is 11.8. The van der Waals surface area contributed by atoms with Gasteiger partial charge in [0.25, 0.3) is 0 Å². The first kappa shape index (κ1) is 14.5. The van der Waals surface area contributed by atoms with E-state index in [-0.39, 0.29) is 0 Å². The van der Waals surface area contributed by atoms with E-state index in [0.29, 0.717) is 0 Å². The SMILES string of the molecule is Cc1cc(C)c(C)c(C(O)c2ccc(I)cc2)c1C. The van der Waals surface area contributed by atoms with Crippen molar-refractivity contribution >= 4 is 22.6 Å². The van der Waals surface area contributed by atoms with E-state index in [1.807, 2.05) is 24.3 Å². The number of rotatable bonds is 2. The second-order valence-electron chi connectivity index (χ2n) is 5.13. The van der Waals surface area contributed by atoms with Gasteiger partial charge in [0.15, 0.2) is 0 Å². The maximum atomic E-state index is 10.7. The highest BCUT2D eigenvalue weighted by atomic mass is 127. The number of halogens is 1. The minimum absolute atomic E-state index is 0.546. The molecule has 2 aromatic rings. The summed E-state index contributed by atoms with van der Waals surface area (Å²) >= 11 is 2.28. The average molecular weight is 366 g/mol.